The smallest absolute Gasteiger partial charge is 0.400 e. The summed E-state index contributed by atoms with van der Waals surface area (Å²) >= 11 is 0. The van der Waals surface area contributed by atoms with Gasteiger partial charge in [0.1, 0.15) is 6.42 Å². The fraction of sp³-hybridized carbons (Fsp3) is 0.714. The zero-order valence-electron chi connectivity index (χ0n) is 12.6. The third kappa shape index (κ3) is 2.74. The van der Waals surface area contributed by atoms with Crippen molar-refractivity contribution >= 4 is 13.0 Å². The van der Waals surface area contributed by atoms with Crippen molar-refractivity contribution in [3.63, 3.8) is 0 Å². The van der Waals surface area contributed by atoms with E-state index in [-0.39, 0.29) is 30.6 Å². The Hall–Kier alpha value is -1.32. The molecule has 1 saturated heterocycles. The highest BCUT2D eigenvalue weighted by atomic mass is 16.7. The lowest BCUT2D eigenvalue weighted by atomic mass is 9.74. The van der Waals surface area contributed by atoms with Gasteiger partial charge in [-0.2, -0.15) is 5.26 Å². The van der Waals surface area contributed by atoms with Gasteiger partial charge in [-0.05, 0) is 39.6 Å². The Balaban J connectivity index is 2.01. The highest BCUT2D eigenvalue weighted by Gasteiger charge is 2.52. The molecular formula is C14H21BN2O3. The van der Waals surface area contributed by atoms with E-state index in [4.69, 9.17) is 14.6 Å². The van der Waals surface area contributed by atoms with Crippen LogP contribution in [0, 0.1) is 11.3 Å². The van der Waals surface area contributed by atoms with Crippen molar-refractivity contribution < 1.29 is 14.1 Å². The molecule has 0 aliphatic carbocycles. The first-order valence-electron chi connectivity index (χ1n) is 6.96. The number of amides is 1. The molecule has 0 N–H and O–H groups in total. The first kappa shape index (κ1) is 15.1. The van der Waals surface area contributed by atoms with Crippen LogP contribution in [-0.4, -0.2) is 42.2 Å². The summed E-state index contributed by atoms with van der Waals surface area (Å²) in [5, 5.41) is 8.55. The maximum atomic E-state index is 11.6. The Labute approximate surface area is 120 Å². The fourth-order valence-corrected chi connectivity index (χ4v) is 2.30. The number of rotatable bonds is 2. The van der Waals surface area contributed by atoms with Gasteiger partial charge in [0, 0.05) is 13.1 Å². The Morgan fingerprint density at radius 2 is 2.00 bits per heavy atom. The van der Waals surface area contributed by atoms with Gasteiger partial charge in [-0.3, -0.25) is 4.79 Å². The van der Waals surface area contributed by atoms with Crippen LogP contribution in [0.15, 0.2) is 11.5 Å². The lowest BCUT2D eigenvalue weighted by Gasteiger charge is -2.32. The minimum Gasteiger partial charge on any atom is -0.400 e. The van der Waals surface area contributed by atoms with Crippen molar-refractivity contribution in [1.82, 2.24) is 4.90 Å². The average molecular weight is 276 g/mol. The summed E-state index contributed by atoms with van der Waals surface area (Å²) in [5.74, 6) is -0.114. The van der Waals surface area contributed by atoms with E-state index >= 15 is 0 Å². The molecule has 0 aromatic carbocycles. The summed E-state index contributed by atoms with van der Waals surface area (Å²) in [6, 6.07) is 1.89. The molecule has 0 radical (unpaired) electrons. The van der Waals surface area contributed by atoms with Gasteiger partial charge in [-0.25, -0.2) is 0 Å². The molecule has 2 aliphatic heterocycles. The molecule has 0 aromatic rings. The highest BCUT2D eigenvalue weighted by Crippen LogP contribution is 2.39. The standard InChI is InChI=1S/C14H21BN2O3/c1-13(2)14(3,4)20-15(19-13)11-6-9-17(10-7-11)12(18)5-8-16/h6H,5,7,9-10H2,1-4H3. The van der Waals surface area contributed by atoms with Gasteiger partial charge in [-0.1, -0.05) is 6.08 Å². The minimum atomic E-state index is -0.341. The Bertz CT molecular complexity index is 463. The quantitative estimate of drug-likeness (QED) is 0.720. The van der Waals surface area contributed by atoms with Crippen LogP contribution in [0.3, 0.4) is 0 Å². The van der Waals surface area contributed by atoms with Gasteiger partial charge < -0.3 is 14.2 Å². The van der Waals surface area contributed by atoms with Gasteiger partial charge in [-0.15, -0.1) is 0 Å². The molecule has 2 aliphatic rings. The Kier molecular flexibility index (Phi) is 3.94. The lowest BCUT2D eigenvalue weighted by molar-refractivity contribution is -0.129. The van der Waals surface area contributed by atoms with Crippen molar-refractivity contribution in [2.24, 2.45) is 0 Å². The van der Waals surface area contributed by atoms with E-state index in [2.05, 4.69) is 0 Å². The van der Waals surface area contributed by atoms with Crippen molar-refractivity contribution in [2.75, 3.05) is 13.1 Å². The van der Waals surface area contributed by atoms with E-state index in [1.165, 1.54) is 0 Å². The molecule has 2 rings (SSSR count). The molecule has 0 spiro atoms. The van der Waals surface area contributed by atoms with E-state index in [1.54, 1.807) is 4.90 Å². The normalized spacial score (nSPS) is 24.2. The van der Waals surface area contributed by atoms with Crippen LogP contribution < -0.4 is 0 Å². The van der Waals surface area contributed by atoms with E-state index in [0.29, 0.717) is 13.1 Å². The van der Waals surface area contributed by atoms with Gasteiger partial charge >= 0.3 is 7.12 Å². The SMILES string of the molecule is CC1(C)OB(C2=CCN(C(=O)CC#N)CC2)OC1(C)C. The molecule has 20 heavy (non-hydrogen) atoms. The fourth-order valence-electron chi connectivity index (χ4n) is 2.30. The summed E-state index contributed by atoms with van der Waals surface area (Å²) in [6.45, 7) is 9.26. The van der Waals surface area contributed by atoms with Crippen molar-refractivity contribution in [1.29, 1.82) is 5.26 Å². The third-order valence-corrected chi connectivity index (χ3v) is 4.38. The van der Waals surface area contributed by atoms with E-state index in [0.717, 1.165) is 11.9 Å². The number of hydrogen-bond donors (Lipinski definition) is 0. The summed E-state index contributed by atoms with van der Waals surface area (Å²) in [7, 11) is -0.326. The highest BCUT2D eigenvalue weighted by molar-refractivity contribution is 6.54. The average Bonchev–Trinajstić information content (AvgIpc) is 2.59. The molecule has 1 fully saturated rings. The Morgan fingerprint density at radius 3 is 2.45 bits per heavy atom. The summed E-state index contributed by atoms with van der Waals surface area (Å²) in [5.41, 5.74) is 0.406. The molecule has 5 nitrogen and oxygen atoms in total. The largest absolute Gasteiger partial charge is 0.490 e. The second kappa shape index (κ2) is 5.23. The predicted molar refractivity (Wildman–Crippen MR) is 75.6 cm³/mol. The monoisotopic (exact) mass is 276 g/mol. The first-order valence-corrected chi connectivity index (χ1v) is 6.96. The molecule has 108 valence electrons. The molecule has 6 heteroatoms. The molecule has 0 saturated carbocycles. The zero-order chi connectivity index (χ0) is 15.0. The van der Waals surface area contributed by atoms with E-state index in [1.807, 2.05) is 39.8 Å². The third-order valence-electron chi connectivity index (χ3n) is 4.38. The van der Waals surface area contributed by atoms with Crippen LogP contribution in [0.25, 0.3) is 0 Å². The second-order valence-corrected chi connectivity index (χ2v) is 6.29. The minimum absolute atomic E-state index is 0.0559. The number of carbonyl (C=O) groups is 1. The number of nitriles is 1. The molecule has 0 unspecified atom stereocenters. The van der Waals surface area contributed by atoms with Gasteiger partial charge in [0.25, 0.3) is 0 Å². The van der Waals surface area contributed by atoms with Crippen LogP contribution in [0.5, 0.6) is 0 Å². The zero-order valence-corrected chi connectivity index (χ0v) is 12.6. The molecule has 0 aromatic heterocycles. The number of hydrogen-bond acceptors (Lipinski definition) is 4. The van der Waals surface area contributed by atoms with Crippen molar-refractivity contribution in [2.45, 2.75) is 51.7 Å². The first-order chi connectivity index (χ1) is 9.27. The molecule has 1 amide bonds. The van der Waals surface area contributed by atoms with Gasteiger partial charge in [0.15, 0.2) is 0 Å². The summed E-state index contributed by atoms with van der Waals surface area (Å²) < 4.78 is 12.0. The van der Waals surface area contributed by atoms with E-state index < -0.39 is 0 Å². The van der Waals surface area contributed by atoms with Crippen LogP contribution >= 0.6 is 0 Å². The van der Waals surface area contributed by atoms with Crippen LogP contribution in [0.2, 0.25) is 0 Å². The maximum Gasteiger partial charge on any atom is 0.490 e. The van der Waals surface area contributed by atoms with Crippen molar-refractivity contribution in [3.05, 3.63) is 11.5 Å². The Morgan fingerprint density at radius 1 is 1.40 bits per heavy atom. The summed E-state index contributed by atoms with van der Waals surface area (Å²) in [6.07, 6.45) is 2.66. The molecule has 2 heterocycles. The molecule has 0 atom stereocenters. The van der Waals surface area contributed by atoms with Crippen molar-refractivity contribution in [3.8, 4) is 6.07 Å². The lowest BCUT2D eigenvalue weighted by Crippen LogP contribution is -2.41. The van der Waals surface area contributed by atoms with Gasteiger partial charge in [0.05, 0.1) is 17.3 Å². The molecule has 0 bridgehead atoms. The second-order valence-electron chi connectivity index (χ2n) is 6.29. The summed E-state index contributed by atoms with van der Waals surface area (Å²) in [4.78, 5) is 13.3. The number of nitrogens with zero attached hydrogens (tertiary/aromatic N) is 2. The van der Waals surface area contributed by atoms with Crippen LogP contribution in [-0.2, 0) is 14.1 Å². The van der Waals surface area contributed by atoms with E-state index in [9.17, 15) is 4.79 Å². The predicted octanol–water partition coefficient (Wildman–Crippen LogP) is 1.69. The topological polar surface area (TPSA) is 62.6 Å². The van der Waals surface area contributed by atoms with Crippen LogP contribution in [0.1, 0.15) is 40.5 Å². The molecular weight excluding hydrogens is 255 g/mol. The van der Waals surface area contributed by atoms with Crippen LogP contribution in [0.4, 0.5) is 0 Å². The van der Waals surface area contributed by atoms with Gasteiger partial charge in [0.2, 0.25) is 5.91 Å². The maximum absolute atomic E-state index is 11.6. The number of carbonyl (C=O) groups excluding carboxylic acids is 1.